The van der Waals surface area contributed by atoms with Crippen LogP contribution in [0.1, 0.15) is 0 Å². The van der Waals surface area contributed by atoms with Gasteiger partial charge < -0.3 is 9.47 Å². The summed E-state index contributed by atoms with van der Waals surface area (Å²) in [6.45, 7) is 1.17. The van der Waals surface area contributed by atoms with Crippen LogP contribution in [0.15, 0.2) is 39.6 Å². The Balaban J connectivity index is 1.72. The Labute approximate surface area is 134 Å². The van der Waals surface area contributed by atoms with Crippen LogP contribution in [-0.2, 0) is 0 Å². The molecule has 0 spiro atoms. The minimum absolute atomic E-state index is 0.269. The third-order valence-electron chi connectivity index (χ3n) is 2.99. The molecule has 4 nitrogen and oxygen atoms in total. The van der Waals surface area contributed by atoms with Gasteiger partial charge in [0.25, 0.3) is 0 Å². The van der Waals surface area contributed by atoms with Gasteiger partial charge >= 0.3 is 0 Å². The number of halogens is 1. The second-order valence-electron chi connectivity index (χ2n) is 4.34. The zero-order chi connectivity index (χ0) is 14.2. The maximum absolute atomic E-state index is 5.99. The minimum Gasteiger partial charge on any atom is -0.486 e. The zero-order valence-electron chi connectivity index (χ0n) is 10.7. The Morgan fingerprint density at radius 3 is 2.86 bits per heavy atom. The fourth-order valence-corrected chi connectivity index (χ4v) is 4.11. The maximum Gasteiger partial charge on any atom is 0.224 e. The average Bonchev–Trinajstić information content (AvgIpc) is 2.95. The molecule has 2 aromatic heterocycles. The van der Waals surface area contributed by atoms with Gasteiger partial charge in [0.15, 0.2) is 11.5 Å². The molecule has 0 amide bonds. The molecule has 1 aromatic carbocycles. The van der Waals surface area contributed by atoms with Crippen LogP contribution in [0.25, 0.3) is 10.2 Å². The number of benzene rings is 1. The lowest BCUT2D eigenvalue weighted by molar-refractivity contribution is 0.171. The lowest BCUT2D eigenvalue weighted by Crippen LogP contribution is -2.15. The van der Waals surface area contributed by atoms with Crippen LogP contribution in [0.4, 0.5) is 0 Å². The van der Waals surface area contributed by atoms with Crippen molar-refractivity contribution in [2.45, 2.75) is 9.92 Å². The van der Waals surface area contributed by atoms with Crippen molar-refractivity contribution in [2.24, 2.45) is 0 Å². The van der Waals surface area contributed by atoms with Crippen LogP contribution >= 0.6 is 34.7 Å². The quantitative estimate of drug-likeness (QED) is 0.516. The van der Waals surface area contributed by atoms with Crippen molar-refractivity contribution in [1.82, 2.24) is 9.97 Å². The third kappa shape index (κ3) is 2.54. The maximum atomic E-state index is 5.99. The highest BCUT2D eigenvalue weighted by atomic mass is 35.5. The van der Waals surface area contributed by atoms with Crippen molar-refractivity contribution in [3.8, 4) is 11.5 Å². The van der Waals surface area contributed by atoms with E-state index in [4.69, 9.17) is 21.1 Å². The number of aromatic nitrogens is 2. The Bertz CT molecular complexity index is 822. The van der Waals surface area contributed by atoms with Crippen LogP contribution in [0.2, 0.25) is 5.28 Å². The lowest BCUT2D eigenvalue weighted by Gasteiger charge is -2.18. The predicted octanol–water partition coefficient (Wildman–Crippen LogP) is 4.27. The number of ether oxygens (including phenoxy) is 2. The topological polar surface area (TPSA) is 44.2 Å². The van der Waals surface area contributed by atoms with E-state index >= 15 is 0 Å². The van der Waals surface area contributed by atoms with Crippen LogP contribution in [-0.4, -0.2) is 23.2 Å². The van der Waals surface area contributed by atoms with Gasteiger partial charge in [-0.25, -0.2) is 9.97 Å². The van der Waals surface area contributed by atoms with Crippen molar-refractivity contribution in [3.63, 3.8) is 0 Å². The van der Waals surface area contributed by atoms with E-state index < -0.39 is 0 Å². The summed E-state index contributed by atoms with van der Waals surface area (Å²) < 4.78 is 11.1. The van der Waals surface area contributed by atoms with Gasteiger partial charge in [0.1, 0.15) is 23.1 Å². The van der Waals surface area contributed by atoms with Crippen LogP contribution in [0.3, 0.4) is 0 Å². The van der Waals surface area contributed by atoms with Crippen molar-refractivity contribution in [3.05, 3.63) is 34.9 Å². The summed E-state index contributed by atoms with van der Waals surface area (Å²) in [7, 11) is 0. The molecule has 7 heteroatoms. The summed E-state index contributed by atoms with van der Waals surface area (Å²) in [4.78, 5) is 10.5. The first kappa shape index (κ1) is 13.2. The highest BCUT2D eigenvalue weighted by Crippen LogP contribution is 2.39. The van der Waals surface area contributed by atoms with E-state index in [-0.39, 0.29) is 5.28 Å². The highest BCUT2D eigenvalue weighted by molar-refractivity contribution is 7.99. The first-order valence-corrected chi connectivity index (χ1v) is 8.35. The molecule has 0 fully saturated rings. The normalized spacial score (nSPS) is 13.6. The van der Waals surface area contributed by atoms with Crippen LogP contribution in [0.5, 0.6) is 11.5 Å². The standard InChI is InChI=1S/C14H9ClN2O2S2/c15-14-16-12-9(3-6-20-12)13(17-14)21-8-1-2-10-11(7-8)19-5-4-18-10/h1-3,6-7H,4-5H2. The first-order chi connectivity index (χ1) is 10.3. The second-order valence-corrected chi connectivity index (χ2v) is 6.64. The van der Waals surface area contributed by atoms with E-state index in [9.17, 15) is 0 Å². The molecule has 106 valence electrons. The number of thiophene rings is 1. The molecule has 0 radical (unpaired) electrons. The van der Waals surface area contributed by atoms with Gasteiger partial charge in [0, 0.05) is 10.3 Å². The Hall–Kier alpha value is -1.50. The molecule has 0 aliphatic carbocycles. The van der Waals surface area contributed by atoms with Crippen LogP contribution < -0.4 is 9.47 Å². The lowest BCUT2D eigenvalue weighted by atomic mass is 10.3. The summed E-state index contributed by atoms with van der Waals surface area (Å²) >= 11 is 9.09. The average molecular weight is 337 g/mol. The first-order valence-electron chi connectivity index (χ1n) is 6.28. The predicted molar refractivity (Wildman–Crippen MR) is 84.0 cm³/mol. The zero-order valence-corrected chi connectivity index (χ0v) is 13.1. The van der Waals surface area contributed by atoms with E-state index in [0.717, 1.165) is 31.6 Å². The fraction of sp³-hybridized carbons (Fsp3) is 0.143. The Morgan fingerprint density at radius 2 is 1.95 bits per heavy atom. The molecule has 0 saturated heterocycles. The molecular formula is C14H9ClN2O2S2. The third-order valence-corrected chi connectivity index (χ3v) is 4.96. The molecule has 0 N–H and O–H groups in total. The van der Waals surface area contributed by atoms with Crippen molar-refractivity contribution < 1.29 is 9.47 Å². The molecular weight excluding hydrogens is 328 g/mol. The summed E-state index contributed by atoms with van der Waals surface area (Å²) in [5.41, 5.74) is 0. The summed E-state index contributed by atoms with van der Waals surface area (Å²) in [6, 6.07) is 7.89. The van der Waals surface area contributed by atoms with Crippen molar-refractivity contribution in [2.75, 3.05) is 13.2 Å². The van der Waals surface area contributed by atoms with Gasteiger partial charge in [-0.2, -0.15) is 0 Å². The molecule has 0 bridgehead atoms. The molecule has 0 saturated carbocycles. The van der Waals surface area contributed by atoms with Gasteiger partial charge in [-0.3, -0.25) is 0 Å². The molecule has 3 heterocycles. The van der Waals surface area contributed by atoms with E-state index in [1.54, 1.807) is 23.1 Å². The second kappa shape index (κ2) is 5.36. The SMILES string of the molecule is Clc1nc(Sc2ccc3c(c2)OCCO3)c2ccsc2n1. The number of nitrogens with zero attached hydrogens (tertiary/aromatic N) is 2. The monoisotopic (exact) mass is 336 g/mol. The van der Waals surface area contributed by atoms with Gasteiger partial charge in [-0.05, 0) is 41.2 Å². The molecule has 4 rings (SSSR count). The Morgan fingerprint density at radius 1 is 1.10 bits per heavy atom. The van der Waals surface area contributed by atoms with Gasteiger partial charge in [-0.1, -0.05) is 11.8 Å². The highest BCUT2D eigenvalue weighted by Gasteiger charge is 2.14. The van der Waals surface area contributed by atoms with Crippen molar-refractivity contribution >= 4 is 44.9 Å². The van der Waals surface area contributed by atoms with E-state index in [0.29, 0.717) is 13.2 Å². The fourth-order valence-electron chi connectivity index (χ4n) is 2.08. The van der Waals surface area contributed by atoms with Crippen LogP contribution in [0, 0.1) is 0 Å². The molecule has 1 aliphatic rings. The van der Waals surface area contributed by atoms with E-state index in [1.165, 1.54) is 0 Å². The summed E-state index contributed by atoms with van der Waals surface area (Å²) in [5, 5.41) is 4.13. The number of rotatable bonds is 2. The number of hydrogen-bond donors (Lipinski definition) is 0. The Kier molecular flexibility index (Phi) is 3.37. The molecule has 0 atom stereocenters. The number of fused-ring (bicyclic) bond motifs is 2. The number of hydrogen-bond acceptors (Lipinski definition) is 6. The smallest absolute Gasteiger partial charge is 0.224 e. The van der Waals surface area contributed by atoms with E-state index in [1.807, 2.05) is 29.6 Å². The van der Waals surface area contributed by atoms with Gasteiger partial charge in [-0.15, -0.1) is 11.3 Å². The molecule has 3 aromatic rings. The van der Waals surface area contributed by atoms with E-state index in [2.05, 4.69) is 9.97 Å². The molecule has 0 unspecified atom stereocenters. The summed E-state index contributed by atoms with van der Waals surface area (Å²) in [6.07, 6.45) is 0. The summed E-state index contributed by atoms with van der Waals surface area (Å²) in [5.74, 6) is 1.56. The minimum atomic E-state index is 0.269. The molecule has 1 aliphatic heterocycles. The molecule has 21 heavy (non-hydrogen) atoms. The van der Waals surface area contributed by atoms with Gasteiger partial charge in [0.05, 0.1) is 0 Å². The van der Waals surface area contributed by atoms with Crippen molar-refractivity contribution in [1.29, 1.82) is 0 Å². The van der Waals surface area contributed by atoms with Gasteiger partial charge in [0.2, 0.25) is 5.28 Å². The largest absolute Gasteiger partial charge is 0.486 e.